The maximum atomic E-state index is 10.9. The molecule has 0 aromatic carbocycles. The largest absolute Gasteiger partial charge is 0.488 e. The van der Waals surface area contributed by atoms with Crippen molar-refractivity contribution in [1.82, 2.24) is 20.4 Å². The van der Waals surface area contributed by atoms with Gasteiger partial charge in [-0.05, 0) is 0 Å². The first-order chi connectivity index (χ1) is 14.0. The van der Waals surface area contributed by atoms with Crippen LogP contribution in [0.25, 0.3) is 0 Å². The highest BCUT2D eigenvalue weighted by Gasteiger charge is 2.59. The van der Waals surface area contributed by atoms with E-state index in [2.05, 4.69) is 15.6 Å². The van der Waals surface area contributed by atoms with Gasteiger partial charge in [-0.2, -0.15) is 13.6 Å². The average molecular weight is 424 g/mol. The van der Waals surface area contributed by atoms with E-state index < -0.39 is 45.1 Å². The summed E-state index contributed by atoms with van der Waals surface area (Å²) in [6.07, 6.45) is 2.40. The Balaban J connectivity index is 1.28. The molecule has 0 spiro atoms. The number of fused-ring (bicyclic) bond motifs is 3. The van der Waals surface area contributed by atoms with Gasteiger partial charge in [-0.1, -0.05) is 0 Å². The van der Waals surface area contributed by atoms with Crippen LogP contribution >= 0.6 is 7.82 Å². The van der Waals surface area contributed by atoms with Crippen LogP contribution in [0, 0.1) is 0 Å². The van der Waals surface area contributed by atoms with Crippen molar-refractivity contribution in [1.29, 1.82) is 0 Å². The zero-order valence-corrected chi connectivity index (χ0v) is 16.4. The summed E-state index contributed by atoms with van der Waals surface area (Å²) in [4.78, 5) is 19.2. The van der Waals surface area contributed by atoms with Gasteiger partial charge in [0.15, 0.2) is 18.2 Å². The van der Waals surface area contributed by atoms with E-state index in [0.717, 1.165) is 5.70 Å². The van der Waals surface area contributed by atoms with Gasteiger partial charge < -0.3 is 35.0 Å². The molecule has 0 aliphatic carbocycles. The van der Waals surface area contributed by atoms with Crippen molar-refractivity contribution in [3.05, 3.63) is 23.9 Å². The second-order valence-electron chi connectivity index (χ2n) is 6.96. The lowest BCUT2D eigenvalue weighted by Gasteiger charge is -2.31. The van der Waals surface area contributed by atoms with Gasteiger partial charge >= 0.3 is 21.4 Å². The number of nitrogens with one attached hydrogen (secondary N) is 2. The van der Waals surface area contributed by atoms with Crippen molar-refractivity contribution in [2.75, 3.05) is 20.1 Å². The second-order valence-corrected chi connectivity index (χ2v) is 8.77. The highest BCUT2D eigenvalue weighted by atomic mass is 31.2. The molecule has 5 aliphatic rings. The molecule has 6 atom stereocenters. The van der Waals surface area contributed by atoms with Crippen LogP contribution < -0.4 is 10.6 Å². The first-order valence-corrected chi connectivity index (χ1v) is 10.7. The van der Waals surface area contributed by atoms with Crippen molar-refractivity contribution < 1.29 is 32.9 Å². The predicted octanol–water partition coefficient (Wildman–Crippen LogP) is -1.35. The Kier molecular flexibility index (Phi) is 4.69. The fourth-order valence-electron chi connectivity index (χ4n) is 3.77. The molecule has 154 valence electrons. The molecule has 2 fully saturated rings. The van der Waals surface area contributed by atoms with E-state index in [1.165, 1.54) is 6.92 Å². The molecule has 5 aliphatic heterocycles. The van der Waals surface area contributed by atoms with Crippen molar-refractivity contribution in [3.63, 3.8) is 0 Å². The summed E-state index contributed by atoms with van der Waals surface area (Å²) in [6, 6.07) is 0. The molecular weight excluding hydrogens is 404 g/mol. The highest BCUT2D eigenvalue weighted by molar-refractivity contribution is 7.85. The summed E-state index contributed by atoms with van der Waals surface area (Å²) < 4.78 is 27.3. The molecule has 0 saturated carbocycles. The number of ether oxygens (including phenoxy) is 2. The lowest BCUT2D eigenvalue weighted by Crippen LogP contribution is -2.45. The van der Waals surface area contributed by atoms with Gasteiger partial charge in [0.2, 0.25) is 6.79 Å². The Morgan fingerprint density at radius 2 is 2.41 bits per heavy atom. The number of carbonyl (C=O) groups is 1. The molecule has 2 unspecified atom stereocenters. The number of aliphatic imine (C=N–C) groups is 1. The van der Waals surface area contributed by atoms with E-state index in [4.69, 9.17) is 30.6 Å². The van der Waals surface area contributed by atoms with Crippen molar-refractivity contribution >= 4 is 27.7 Å². The fourth-order valence-corrected chi connectivity index (χ4v) is 5.12. The van der Waals surface area contributed by atoms with Crippen LogP contribution in [-0.4, -0.2) is 85.6 Å². The van der Waals surface area contributed by atoms with Crippen LogP contribution in [0.4, 0.5) is 0 Å². The molecular formula is C15H20BN5O7P+. The van der Waals surface area contributed by atoms with Gasteiger partial charge in [0, 0.05) is 19.3 Å². The molecule has 29 heavy (non-hydrogen) atoms. The number of carbonyl (C=O) groups excluding carboxylic acids is 1. The third kappa shape index (κ3) is 3.27. The van der Waals surface area contributed by atoms with Gasteiger partial charge in [0.25, 0.3) is 0 Å². The average Bonchev–Trinajstić information content (AvgIpc) is 3.38. The number of rotatable bonds is 4. The van der Waals surface area contributed by atoms with Gasteiger partial charge in [0.1, 0.15) is 25.0 Å². The van der Waals surface area contributed by atoms with Crippen LogP contribution in [0.15, 0.2) is 28.9 Å². The van der Waals surface area contributed by atoms with E-state index in [0.29, 0.717) is 12.5 Å². The lowest BCUT2D eigenvalue weighted by atomic mass is 10.1. The molecule has 2 saturated heterocycles. The summed E-state index contributed by atoms with van der Waals surface area (Å²) >= 11 is 0. The SMILES string of the molecule is [B][P+]1(OCOC(C)=O)OC[C@H]2O[C@@H](N3CNC4=C3N=CN3C=CNC43)[C@@H](O)[C@H]2O1. The minimum Gasteiger partial charge on any atom is -0.434 e. The number of aliphatic hydroxyl groups excluding tert-OH is 1. The predicted molar refractivity (Wildman–Crippen MR) is 99.1 cm³/mol. The van der Waals surface area contributed by atoms with Crippen molar-refractivity contribution in [2.45, 2.75) is 37.6 Å². The summed E-state index contributed by atoms with van der Waals surface area (Å²) in [5.74, 6) is 0.172. The molecule has 0 bridgehead atoms. The van der Waals surface area contributed by atoms with Crippen LogP contribution in [0.1, 0.15) is 6.92 Å². The zero-order chi connectivity index (χ0) is 20.2. The standard InChI is InChI=1S/C15H20BN5O7P/c1-8(22)24-7-26-29(16)25-4-9-12(28-29)11(23)15(27-9)21-6-18-10-13-17-2-3-20(13)5-19-14(10)21/h2-3,5,9,11-13,15,17-18,23H,4,6-7H2,1H3/q+1/t9-,11+,12+,13?,15-,29?/m1/s1. The Hall–Kier alpha value is -1.89. The monoisotopic (exact) mass is 424 g/mol. The number of aliphatic hydroxyl groups is 1. The van der Waals surface area contributed by atoms with E-state index in [9.17, 15) is 9.90 Å². The summed E-state index contributed by atoms with van der Waals surface area (Å²) in [6.45, 7) is 1.36. The molecule has 3 N–H and O–H groups in total. The molecule has 5 rings (SSSR count). The van der Waals surface area contributed by atoms with Gasteiger partial charge in [-0.15, -0.1) is 0 Å². The maximum absolute atomic E-state index is 10.9. The molecule has 5 heterocycles. The topological polar surface area (TPSA) is 126 Å². The Morgan fingerprint density at radius 1 is 1.55 bits per heavy atom. The number of nitrogens with zero attached hydrogens (tertiary/aromatic N) is 3. The van der Waals surface area contributed by atoms with E-state index in [1.54, 1.807) is 6.34 Å². The molecule has 12 nitrogen and oxygen atoms in total. The van der Waals surface area contributed by atoms with E-state index in [-0.39, 0.29) is 12.8 Å². The van der Waals surface area contributed by atoms with Gasteiger partial charge in [0.05, 0.1) is 18.7 Å². The van der Waals surface area contributed by atoms with Gasteiger partial charge in [-0.25, -0.2) is 4.99 Å². The number of esters is 1. The Labute approximate surface area is 168 Å². The number of hydrogen-bond acceptors (Lipinski definition) is 12. The van der Waals surface area contributed by atoms with Crippen LogP contribution in [0.5, 0.6) is 0 Å². The lowest BCUT2D eigenvalue weighted by molar-refractivity contribution is -0.149. The molecule has 0 amide bonds. The molecule has 14 heteroatoms. The third-order valence-corrected chi connectivity index (χ3v) is 6.65. The molecule has 0 aromatic heterocycles. The van der Waals surface area contributed by atoms with Crippen LogP contribution in [0.3, 0.4) is 0 Å². The third-order valence-electron chi connectivity index (χ3n) is 5.14. The highest BCUT2D eigenvalue weighted by Crippen LogP contribution is 2.62. The first kappa shape index (κ1) is 19.1. The second kappa shape index (κ2) is 7.12. The quantitative estimate of drug-likeness (QED) is 0.215. The molecule has 2 radical (unpaired) electrons. The van der Waals surface area contributed by atoms with Crippen molar-refractivity contribution in [3.8, 4) is 0 Å². The number of hydrogen-bond donors (Lipinski definition) is 3. The smallest absolute Gasteiger partial charge is 0.434 e. The zero-order valence-electron chi connectivity index (χ0n) is 15.5. The van der Waals surface area contributed by atoms with Crippen molar-refractivity contribution in [2.24, 2.45) is 4.99 Å². The van der Waals surface area contributed by atoms with Crippen LogP contribution in [-0.2, 0) is 27.8 Å². The summed E-state index contributed by atoms with van der Waals surface area (Å²) in [7, 11) is 2.79. The summed E-state index contributed by atoms with van der Waals surface area (Å²) in [5.41, 5.74) is 0.894. The van der Waals surface area contributed by atoms with Crippen LogP contribution in [0.2, 0.25) is 0 Å². The molecule has 0 aromatic rings. The summed E-state index contributed by atoms with van der Waals surface area (Å²) in [5, 5.41) is 17.4. The first-order valence-electron chi connectivity index (χ1n) is 9.06. The fraction of sp³-hybridized carbons (Fsp3) is 0.600. The maximum Gasteiger partial charge on any atom is 0.488 e. The normalized spacial score (nSPS) is 39.7. The Morgan fingerprint density at radius 3 is 3.24 bits per heavy atom. The van der Waals surface area contributed by atoms with E-state index in [1.807, 2.05) is 22.2 Å². The minimum absolute atomic E-state index is 0.0646. The minimum atomic E-state index is -3.25. The Bertz CT molecular complexity index is 799. The van der Waals surface area contributed by atoms with E-state index >= 15 is 0 Å². The van der Waals surface area contributed by atoms with Gasteiger partial charge in [-0.3, -0.25) is 4.79 Å².